The zero-order valence-corrected chi connectivity index (χ0v) is 12.0. The summed E-state index contributed by atoms with van der Waals surface area (Å²) in [4.78, 5) is 11.9. The number of carbonyl (C=O) groups is 1. The van der Waals surface area contributed by atoms with Crippen LogP contribution in [0.5, 0.6) is 0 Å². The molecule has 2 rings (SSSR count). The van der Waals surface area contributed by atoms with Crippen LogP contribution in [0, 0.1) is 0 Å². The van der Waals surface area contributed by atoms with E-state index in [2.05, 4.69) is 21.2 Å². The van der Waals surface area contributed by atoms with Crippen molar-refractivity contribution in [3.8, 4) is 0 Å². The number of nitrogens with two attached hydrogens (primary N) is 1. The highest BCUT2D eigenvalue weighted by molar-refractivity contribution is 9.10. The van der Waals surface area contributed by atoms with Crippen LogP contribution in [0.25, 0.3) is 0 Å². The summed E-state index contributed by atoms with van der Waals surface area (Å²) in [6, 6.07) is 15.3. The minimum atomic E-state index is -0.0348. The van der Waals surface area contributed by atoms with Gasteiger partial charge >= 0.3 is 0 Å². The van der Waals surface area contributed by atoms with E-state index < -0.39 is 0 Å². The van der Waals surface area contributed by atoms with Crippen molar-refractivity contribution in [1.29, 1.82) is 0 Å². The lowest BCUT2D eigenvalue weighted by Crippen LogP contribution is -2.14. The van der Waals surface area contributed by atoms with Crippen molar-refractivity contribution in [3.63, 3.8) is 0 Å². The highest BCUT2D eigenvalue weighted by Crippen LogP contribution is 2.17. The molecule has 2 aromatic rings. The van der Waals surface area contributed by atoms with Crippen LogP contribution in [0.15, 0.2) is 53.0 Å². The number of hydrogen-bond donors (Lipinski definition) is 2. The summed E-state index contributed by atoms with van der Waals surface area (Å²) in [5.74, 6) is -0.0348. The summed E-state index contributed by atoms with van der Waals surface area (Å²) in [7, 11) is 0. The summed E-state index contributed by atoms with van der Waals surface area (Å²) in [5.41, 5.74) is 8.33. The summed E-state index contributed by atoms with van der Waals surface area (Å²) in [5, 5.41) is 2.87. The monoisotopic (exact) mass is 318 g/mol. The largest absolute Gasteiger partial charge is 0.326 e. The molecule has 3 nitrogen and oxygen atoms in total. The maximum atomic E-state index is 11.9. The Hall–Kier alpha value is -1.65. The van der Waals surface area contributed by atoms with Crippen LogP contribution >= 0.6 is 15.9 Å². The standard InChI is InChI=1S/C15H15BrN2O/c16-14-4-2-1-3-12(14)9-15(19)18-13-7-5-11(10-17)6-8-13/h1-8H,9-10,17H2,(H,18,19). The summed E-state index contributed by atoms with van der Waals surface area (Å²) < 4.78 is 0.948. The number of rotatable bonds is 4. The van der Waals surface area contributed by atoms with Crippen LogP contribution < -0.4 is 11.1 Å². The normalized spacial score (nSPS) is 10.2. The van der Waals surface area contributed by atoms with Gasteiger partial charge in [0.2, 0.25) is 5.91 Å². The molecule has 0 heterocycles. The number of nitrogens with one attached hydrogen (secondary N) is 1. The number of anilines is 1. The van der Waals surface area contributed by atoms with Gasteiger partial charge in [-0.05, 0) is 29.3 Å². The van der Waals surface area contributed by atoms with E-state index in [4.69, 9.17) is 5.73 Å². The first-order valence-electron chi connectivity index (χ1n) is 6.01. The molecular formula is C15H15BrN2O. The summed E-state index contributed by atoms with van der Waals surface area (Å²) in [6.07, 6.45) is 0.347. The molecule has 0 aliphatic heterocycles. The van der Waals surface area contributed by atoms with Crippen molar-refractivity contribution in [2.45, 2.75) is 13.0 Å². The van der Waals surface area contributed by atoms with E-state index in [1.165, 1.54) is 0 Å². The predicted octanol–water partition coefficient (Wildman–Crippen LogP) is 3.09. The van der Waals surface area contributed by atoms with Crippen molar-refractivity contribution < 1.29 is 4.79 Å². The fraction of sp³-hybridized carbons (Fsp3) is 0.133. The Morgan fingerprint density at radius 1 is 1.11 bits per heavy atom. The first-order valence-corrected chi connectivity index (χ1v) is 6.80. The molecule has 3 N–H and O–H groups in total. The van der Waals surface area contributed by atoms with Gasteiger partial charge in [-0.15, -0.1) is 0 Å². The predicted molar refractivity (Wildman–Crippen MR) is 80.8 cm³/mol. The highest BCUT2D eigenvalue weighted by Gasteiger charge is 2.06. The van der Waals surface area contributed by atoms with Gasteiger partial charge in [0.1, 0.15) is 0 Å². The quantitative estimate of drug-likeness (QED) is 0.910. The average Bonchev–Trinajstić information content (AvgIpc) is 2.42. The Balaban J connectivity index is 1.99. The number of halogens is 1. The molecule has 2 aromatic carbocycles. The summed E-state index contributed by atoms with van der Waals surface area (Å²) >= 11 is 3.44. The van der Waals surface area contributed by atoms with Crippen molar-refractivity contribution in [2.24, 2.45) is 5.73 Å². The smallest absolute Gasteiger partial charge is 0.228 e. The lowest BCUT2D eigenvalue weighted by atomic mass is 10.1. The Bertz CT molecular complexity index is 567. The molecule has 1 amide bonds. The second-order valence-corrected chi connectivity index (χ2v) is 5.07. The van der Waals surface area contributed by atoms with Gasteiger partial charge in [-0.25, -0.2) is 0 Å². The third kappa shape index (κ3) is 3.91. The molecule has 0 saturated carbocycles. The zero-order chi connectivity index (χ0) is 13.7. The van der Waals surface area contributed by atoms with E-state index in [1.54, 1.807) is 0 Å². The maximum Gasteiger partial charge on any atom is 0.228 e. The average molecular weight is 319 g/mol. The van der Waals surface area contributed by atoms with Gasteiger partial charge in [-0.1, -0.05) is 46.3 Å². The van der Waals surface area contributed by atoms with E-state index >= 15 is 0 Å². The van der Waals surface area contributed by atoms with Crippen molar-refractivity contribution in [2.75, 3.05) is 5.32 Å². The number of amides is 1. The molecule has 0 aliphatic carbocycles. The topological polar surface area (TPSA) is 55.1 Å². The van der Waals surface area contributed by atoms with Gasteiger partial charge < -0.3 is 11.1 Å². The van der Waals surface area contributed by atoms with E-state index in [-0.39, 0.29) is 5.91 Å². The van der Waals surface area contributed by atoms with Crippen LogP contribution in [-0.4, -0.2) is 5.91 Å². The fourth-order valence-corrected chi connectivity index (χ4v) is 2.17. The van der Waals surface area contributed by atoms with Gasteiger partial charge in [0.15, 0.2) is 0 Å². The van der Waals surface area contributed by atoms with Gasteiger partial charge in [0.05, 0.1) is 6.42 Å². The minimum Gasteiger partial charge on any atom is -0.326 e. The molecule has 0 saturated heterocycles. The lowest BCUT2D eigenvalue weighted by molar-refractivity contribution is -0.115. The molecule has 0 radical (unpaired) electrons. The molecule has 0 fully saturated rings. The highest BCUT2D eigenvalue weighted by atomic mass is 79.9. The molecule has 0 aromatic heterocycles. The van der Waals surface area contributed by atoms with Crippen LogP contribution in [0.1, 0.15) is 11.1 Å². The molecule has 0 unspecified atom stereocenters. The Labute approximate surface area is 121 Å². The first kappa shape index (κ1) is 13.8. The van der Waals surface area contributed by atoms with Crippen molar-refractivity contribution in [1.82, 2.24) is 0 Å². The van der Waals surface area contributed by atoms with Gasteiger partial charge in [0.25, 0.3) is 0 Å². The second kappa shape index (κ2) is 6.50. The van der Waals surface area contributed by atoms with Crippen molar-refractivity contribution >= 4 is 27.5 Å². The van der Waals surface area contributed by atoms with E-state index in [0.717, 1.165) is 21.3 Å². The summed E-state index contributed by atoms with van der Waals surface area (Å²) in [6.45, 7) is 0.505. The minimum absolute atomic E-state index is 0.0348. The zero-order valence-electron chi connectivity index (χ0n) is 10.4. The lowest BCUT2D eigenvalue weighted by Gasteiger charge is -2.07. The van der Waals surface area contributed by atoms with Crippen LogP contribution in [0.3, 0.4) is 0 Å². The maximum absolute atomic E-state index is 11.9. The fourth-order valence-electron chi connectivity index (χ4n) is 1.74. The number of benzene rings is 2. The second-order valence-electron chi connectivity index (χ2n) is 4.22. The van der Waals surface area contributed by atoms with Crippen LogP contribution in [0.4, 0.5) is 5.69 Å². The van der Waals surface area contributed by atoms with Gasteiger partial charge in [-0.2, -0.15) is 0 Å². The first-order chi connectivity index (χ1) is 9.19. The third-order valence-electron chi connectivity index (χ3n) is 2.78. The van der Waals surface area contributed by atoms with E-state index in [9.17, 15) is 4.79 Å². The molecule has 0 bridgehead atoms. The van der Waals surface area contributed by atoms with E-state index in [1.807, 2.05) is 48.5 Å². The molecule has 4 heteroatoms. The number of hydrogen-bond acceptors (Lipinski definition) is 2. The molecule has 19 heavy (non-hydrogen) atoms. The third-order valence-corrected chi connectivity index (χ3v) is 3.56. The molecule has 98 valence electrons. The van der Waals surface area contributed by atoms with E-state index in [0.29, 0.717) is 13.0 Å². The Kier molecular flexibility index (Phi) is 4.71. The number of carbonyl (C=O) groups excluding carboxylic acids is 1. The molecule has 0 spiro atoms. The van der Waals surface area contributed by atoms with Gasteiger partial charge in [0, 0.05) is 16.7 Å². The Morgan fingerprint density at radius 3 is 2.42 bits per heavy atom. The SMILES string of the molecule is NCc1ccc(NC(=O)Cc2ccccc2Br)cc1. The molecule has 0 aliphatic rings. The van der Waals surface area contributed by atoms with Crippen LogP contribution in [0.2, 0.25) is 0 Å². The molecular weight excluding hydrogens is 304 g/mol. The van der Waals surface area contributed by atoms with Gasteiger partial charge in [-0.3, -0.25) is 4.79 Å². The molecule has 0 atom stereocenters. The van der Waals surface area contributed by atoms with Crippen molar-refractivity contribution in [3.05, 3.63) is 64.1 Å². The van der Waals surface area contributed by atoms with Crippen LogP contribution in [-0.2, 0) is 17.8 Å². The Morgan fingerprint density at radius 2 is 1.79 bits per heavy atom.